The number of amides is 2. The van der Waals surface area contributed by atoms with Gasteiger partial charge in [-0.2, -0.15) is 5.10 Å². The molecule has 0 radical (unpaired) electrons. The zero-order valence-electron chi connectivity index (χ0n) is 19.1. The third kappa shape index (κ3) is 3.99. The van der Waals surface area contributed by atoms with Crippen LogP contribution in [-0.2, 0) is 12.8 Å². The molecule has 1 aliphatic carbocycles. The van der Waals surface area contributed by atoms with E-state index >= 15 is 0 Å². The lowest BCUT2D eigenvalue weighted by Crippen LogP contribution is -2.50. The Hall–Kier alpha value is -3.61. The Morgan fingerprint density at radius 3 is 2.12 bits per heavy atom. The van der Waals surface area contributed by atoms with Gasteiger partial charge >= 0.3 is 0 Å². The van der Waals surface area contributed by atoms with E-state index in [0.717, 1.165) is 42.0 Å². The van der Waals surface area contributed by atoms with Crippen molar-refractivity contribution in [3.63, 3.8) is 0 Å². The molecule has 1 fully saturated rings. The van der Waals surface area contributed by atoms with Gasteiger partial charge in [-0.1, -0.05) is 17.7 Å². The lowest BCUT2D eigenvalue weighted by atomic mass is 10.1. The topological polar surface area (TPSA) is 67.7 Å². The minimum atomic E-state index is -0.0319. The van der Waals surface area contributed by atoms with Crippen LogP contribution in [0.25, 0.3) is 5.69 Å². The van der Waals surface area contributed by atoms with Gasteiger partial charge in [0, 0.05) is 43.0 Å². The van der Waals surface area contributed by atoms with Crippen LogP contribution in [-0.4, -0.2) is 64.7 Å². The predicted molar refractivity (Wildman–Crippen MR) is 125 cm³/mol. The zero-order chi connectivity index (χ0) is 22.9. The summed E-state index contributed by atoms with van der Waals surface area (Å²) in [5, 5.41) is 4.76. The van der Waals surface area contributed by atoms with Crippen molar-refractivity contribution in [3.05, 3.63) is 76.6 Å². The second kappa shape index (κ2) is 8.73. The van der Waals surface area contributed by atoms with Gasteiger partial charge in [0.1, 0.15) is 5.75 Å². The summed E-state index contributed by atoms with van der Waals surface area (Å²) in [6, 6.07) is 15.4. The number of carbonyl (C=O) groups excluding carboxylic acids is 2. The highest BCUT2D eigenvalue weighted by Crippen LogP contribution is 2.29. The van der Waals surface area contributed by atoms with Crippen molar-refractivity contribution in [2.45, 2.75) is 26.2 Å². The molecule has 7 heteroatoms. The number of methoxy groups -OCH3 is 1. The van der Waals surface area contributed by atoms with Crippen molar-refractivity contribution in [2.24, 2.45) is 0 Å². The first-order valence-corrected chi connectivity index (χ1v) is 11.5. The molecule has 0 bridgehead atoms. The third-order valence-electron chi connectivity index (χ3n) is 6.60. The summed E-state index contributed by atoms with van der Waals surface area (Å²) in [7, 11) is 1.60. The van der Waals surface area contributed by atoms with Gasteiger partial charge in [0.25, 0.3) is 11.8 Å². The number of hydrogen-bond acceptors (Lipinski definition) is 4. The second-order valence-electron chi connectivity index (χ2n) is 8.69. The fourth-order valence-corrected chi connectivity index (χ4v) is 4.69. The van der Waals surface area contributed by atoms with E-state index in [9.17, 15) is 9.59 Å². The minimum Gasteiger partial charge on any atom is -0.497 e. The smallest absolute Gasteiger partial charge is 0.274 e. The highest BCUT2D eigenvalue weighted by atomic mass is 16.5. The lowest BCUT2D eigenvalue weighted by molar-refractivity contribution is 0.0531. The number of rotatable bonds is 4. The molecule has 0 spiro atoms. The van der Waals surface area contributed by atoms with Gasteiger partial charge in [-0.3, -0.25) is 9.59 Å². The summed E-state index contributed by atoms with van der Waals surface area (Å²) in [4.78, 5) is 29.9. The molecule has 1 saturated heterocycles. The SMILES string of the molecule is COc1ccc(C(=O)N2CCN(C(=O)c3nn(-c4ccc(C)cc4)c4c3CCC4)CC2)cc1. The van der Waals surface area contributed by atoms with Crippen LogP contribution in [0.1, 0.15) is 44.1 Å². The summed E-state index contributed by atoms with van der Waals surface area (Å²) < 4.78 is 7.11. The van der Waals surface area contributed by atoms with Crippen LogP contribution >= 0.6 is 0 Å². The van der Waals surface area contributed by atoms with Gasteiger partial charge in [-0.25, -0.2) is 4.68 Å². The highest BCUT2D eigenvalue weighted by Gasteiger charge is 2.32. The summed E-state index contributed by atoms with van der Waals surface area (Å²) >= 11 is 0. The summed E-state index contributed by atoms with van der Waals surface area (Å²) in [5.41, 5.74) is 5.62. The standard InChI is InChI=1S/C26H28N4O3/c1-18-6-10-20(11-7-18)30-23-5-3-4-22(23)24(27-30)26(32)29-16-14-28(15-17-29)25(31)19-8-12-21(33-2)13-9-19/h6-13H,3-5,14-17H2,1-2H3. The first-order valence-electron chi connectivity index (χ1n) is 11.5. The summed E-state index contributed by atoms with van der Waals surface area (Å²) in [6.07, 6.45) is 2.87. The van der Waals surface area contributed by atoms with Crippen LogP contribution in [0.2, 0.25) is 0 Å². The molecule has 0 atom stereocenters. The molecule has 1 aliphatic heterocycles. The Morgan fingerprint density at radius 1 is 0.848 bits per heavy atom. The Morgan fingerprint density at radius 2 is 1.48 bits per heavy atom. The van der Waals surface area contributed by atoms with Crippen molar-refractivity contribution in [1.82, 2.24) is 19.6 Å². The predicted octanol–water partition coefficient (Wildman–Crippen LogP) is 3.28. The van der Waals surface area contributed by atoms with Gasteiger partial charge in [0.05, 0.1) is 12.8 Å². The van der Waals surface area contributed by atoms with Crippen molar-refractivity contribution >= 4 is 11.8 Å². The number of carbonyl (C=O) groups is 2. The molecule has 3 aromatic rings. The van der Waals surface area contributed by atoms with Crippen LogP contribution in [0.5, 0.6) is 5.75 Å². The Labute approximate surface area is 193 Å². The van der Waals surface area contributed by atoms with E-state index in [1.165, 1.54) is 5.56 Å². The van der Waals surface area contributed by atoms with Gasteiger partial charge in [-0.15, -0.1) is 0 Å². The van der Waals surface area contributed by atoms with Crippen molar-refractivity contribution < 1.29 is 14.3 Å². The highest BCUT2D eigenvalue weighted by molar-refractivity contribution is 5.96. The Kier molecular flexibility index (Phi) is 5.62. The number of piperazine rings is 1. The molecular weight excluding hydrogens is 416 g/mol. The van der Waals surface area contributed by atoms with E-state index in [-0.39, 0.29) is 11.8 Å². The summed E-state index contributed by atoms with van der Waals surface area (Å²) in [6.45, 7) is 4.10. The van der Waals surface area contributed by atoms with E-state index in [2.05, 4.69) is 31.2 Å². The van der Waals surface area contributed by atoms with Gasteiger partial charge in [0.15, 0.2) is 5.69 Å². The maximum absolute atomic E-state index is 13.4. The first-order chi connectivity index (χ1) is 16.0. The van der Waals surface area contributed by atoms with Crippen LogP contribution < -0.4 is 4.74 Å². The van der Waals surface area contributed by atoms with Crippen LogP contribution in [0, 0.1) is 6.92 Å². The van der Waals surface area contributed by atoms with Crippen LogP contribution in [0.4, 0.5) is 0 Å². The van der Waals surface area contributed by atoms with Crippen molar-refractivity contribution in [2.75, 3.05) is 33.3 Å². The molecule has 2 aliphatic rings. The van der Waals surface area contributed by atoms with E-state index in [1.54, 1.807) is 36.3 Å². The number of aryl methyl sites for hydroxylation is 1. The van der Waals surface area contributed by atoms with E-state index in [0.29, 0.717) is 37.4 Å². The normalized spacial score (nSPS) is 15.5. The number of benzene rings is 2. The quantitative estimate of drug-likeness (QED) is 0.619. The molecule has 2 amide bonds. The lowest BCUT2D eigenvalue weighted by Gasteiger charge is -2.34. The molecule has 7 nitrogen and oxygen atoms in total. The first kappa shape index (κ1) is 21.2. The van der Waals surface area contributed by atoms with Gasteiger partial charge in [0.2, 0.25) is 0 Å². The Bertz CT molecular complexity index is 1170. The molecule has 33 heavy (non-hydrogen) atoms. The maximum atomic E-state index is 13.4. The van der Waals surface area contributed by atoms with Gasteiger partial charge < -0.3 is 14.5 Å². The summed E-state index contributed by atoms with van der Waals surface area (Å²) in [5.74, 6) is 0.671. The molecule has 5 rings (SSSR count). The zero-order valence-corrected chi connectivity index (χ0v) is 19.1. The average molecular weight is 445 g/mol. The average Bonchev–Trinajstić information content (AvgIpc) is 3.47. The molecule has 2 heterocycles. The fourth-order valence-electron chi connectivity index (χ4n) is 4.69. The molecule has 2 aromatic carbocycles. The Balaban J connectivity index is 1.30. The molecule has 0 saturated carbocycles. The molecule has 0 unspecified atom stereocenters. The second-order valence-corrected chi connectivity index (χ2v) is 8.69. The van der Waals surface area contributed by atoms with Gasteiger partial charge in [-0.05, 0) is 62.6 Å². The monoisotopic (exact) mass is 444 g/mol. The molecule has 0 N–H and O–H groups in total. The minimum absolute atomic E-state index is 0.0192. The van der Waals surface area contributed by atoms with E-state index in [1.807, 2.05) is 9.58 Å². The van der Waals surface area contributed by atoms with Crippen molar-refractivity contribution in [3.8, 4) is 11.4 Å². The van der Waals surface area contributed by atoms with Crippen LogP contribution in [0.15, 0.2) is 48.5 Å². The van der Waals surface area contributed by atoms with Crippen molar-refractivity contribution in [1.29, 1.82) is 0 Å². The fraction of sp³-hybridized carbons (Fsp3) is 0.346. The number of hydrogen-bond donors (Lipinski definition) is 0. The largest absolute Gasteiger partial charge is 0.497 e. The third-order valence-corrected chi connectivity index (χ3v) is 6.60. The van der Waals surface area contributed by atoms with E-state index < -0.39 is 0 Å². The van der Waals surface area contributed by atoms with Crippen LogP contribution in [0.3, 0.4) is 0 Å². The molecular formula is C26H28N4O3. The number of ether oxygens (including phenoxy) is 1. The number of fused-ring (bicyclic) bond motifs is 1. The van der Waals surface area contributed by atoms with E-state index in [4.69, 9.17) is 9.84 Å². The maximum Gasteiger partial charge on any atom is 0.274 e. The molecule has 1 aromatic heterocycles. The number of nitrogens with zero attached hydrogens (tertiary/aromatic N) is 4. The molecule has 170 valence electrons. The number of aromatic nitrogens is 2.